The summed E-state index contributed by atoms with van der Waals surface area (Å²) < 4.78 is 16.9. The monoisotopic (exact) mass is 372 g/mol. The molecule has 148 valence electrons. The van der Waals surface area contributed by atoms with Crippen molar-refractivity contribution >= 4 is 11.5 Å². The first-order valence-corrected chi connectivity index (χ1v) is 9.62. The molecule has 0 aromatic heterocycles. The number of rotatable bonds is 4. The minimum atomic E-state index is -0.670. The quantitative estimate of drug-likeness (QED) is 0.698. The van der Waals surface area contributed by atoms with Crippen molar-refractivity contribution in [3.63, 3.8) is 0 Å². The van der Waals surface area contributed by atoms with E-state index in [-0.39, 0.29) is 16.8 Å². The van der Waals surface area contributed by atoms with Gasteiger partial charge in [-0.2, -0.15) is 0 Å². The Labute approximate surface area is 162 Å². The van der Waals surface area contributed by atoms with Gasteiger partial charge in [-0.25, -0.2) is 0 Å². The van der Waals surface area contributed by atoms with Crippen molar-refractivity contribution in [2.75, 3.05) is 21.3 Å². The molecule has 2 atom stereocenters. The minimum absolute atomic E-state index is 0.0402. The van der Waals surface area contributed by atoms with E-state index in [4.69, 9.17) is 14.2 Å². The van der Waals surface area contributed by atoms with Crippen molar-refractivity contribution in [2.24, 2.45) is 16.7 Å². The second kappa shape index (κ2) is 6.29. The third kappa shape index (κ3) is 2.60. The van der Waals surface area contributed by atoms with Crippen LogP contribution in [0.1, 0.15) is 58.6 Å². The highest BCUT2D eigenvalue weighted by atomic mass is 16.5. The van der Waals surface area contributed by atoms with Gasteiger partial charge in [-0.15, -0.1) is 0 Å². The molecule has 0 heterocycles. The molecule has 1 aromatic rings. The Bertz CT molecular complexity index is 772. The highest BCUT2D eigenvalue weighted by Crippen LogP contribution is 2.69. The Hall–Kier alpha value is -1.97. The molecule has 3 rings (SSSR count). The summed E-state index contributed by atoms with van der Waals surface area (Å²) in [6, 6.07) is 4.14. The van der Waals surface area contributed by atoms with Gasteiger partial charge in [0.15, 0.2) is 0 Å². The van der Waals surface area contributed by atoms with Gasteiger partial charge in [0.1, 0.15) is 11.5 Å². The summed E-state index contributed by atoms with van der Waals surface area (Å²) in [6.07, 6.45) is 4.03. The Morgan fingerprint density at radius 2 is 1.63 bits per heavy atom. The molecular formula is C23H32O4. The van der Waals surface area contributed by atoms with Gasteiger partial charge in [0.2, 0.25) is 0 Å². The molecule has 0 spiro atoms. The van der Waals surface area contributed by atoms with E-state index in [0.29, 0.717) is 5.92 Å². The number of hydrogen-bond acceptors (Lipinski definition) is 4. The van der Waals surface area contributed by atoms with E-state index >= 15 is 0 Å². The van der Waals surface area contributed by atoms with E-state index in [1.807, 2.05) is 0 Å². The number of fused-ring (bicyclic) bond motifs is 2. The lowest BCUT2D eigenvalue weighted by Gasteiger charge is -2.38. The largest absolute Gasteiger partial charge is 0.496 e. The van der Waals surface area contributed by atoms with Crippen LogP contribution in [0.25, 0.3) is 5.57 Å². The topological polar surface area (TPSA) is 44.8 Å². The lowest BCUT2D eigenvalue weighted by Crippen LogP contribution is -2.41. The van der Waals surface area contributed by atoms with E-state index in [1.165, 1.54) is 7.11 Å². The number of ether oxygens (including phenoxy) is 3. The zero-order chi connectivity index (χ0) is 20.2. The maximum Gasteiger partial charge on any atom is 0.316 e. The normalized spacial score (nSPS) is 25.9. The van der Waals surface area contributed by atoms with Crippen LogP contribution < -0.4 is 9.47 Å². The third-order valence-corrected chi connectivity index (χ3v) is 6.86. The van der Waals surface area contributed by atoms with Crippen LogP contribution in [-0.2, 0) is 14.9 Å². The van der Waals surface area contributed by atoms with E-state index < -0.39 is 5.41 Å². The van der Waals surface area contributed by atoms with Crippen LogP contribution in [0.5, 0.6) is 11.5 Å². The fraction of sp³-hybridized carbons (Fsp3) is 0.609. The fourth-order valence-electron chi connectivity index (χ4n) is 5.04. The van der Waals surface area contributed by atoms with Crippen LogP contribution in [0, 0.1) is 16.7 Å². The first-order chi connectivity index (χ1) is 12.5. The van der Waals surface area contributed by atoms with Crippen molar-refractivity contribution in [2.45, 2.75) is 52.9 Å². The van der Waals surface area contributed by atoms with Gasteiger partial charge in [0.25, 0.3) is 0 Å². The van der Waals surface area contributed by atoms with Gasteiger partial charge in [0.05, 0.1) is 32.3 Å². The third-order valence-electron chi connectivity index (χ3n) is 6.86. The Balaban J connectivity index is 2.28. The molecule has 0 amide bonds. The molecule has 0 saturated heterocycles. The van der Waals surface area contributed by atoms with Gasteiger partial charge in [-0.1, -0.05) is 40.7 Å². The summed E-state index contributed by atoms with van der Waals surface area (Å²) in [5.74, 6) is 1.67. The van der Waals surface area contributed by atoms with Gasteiger partial charge in [0, 0.05) is 0 Å². The van der Waals surface area contributed by atoms with E-state index in [9.17, 15) is 4.79 Å². The van der Waals surface area contributed by atoms with Crippen molar-refractivity contribution in [1.29, 1.82) is 0 Å². The Kier molecular flexibility index (Phi) is 4.61. The molecule has 4 nitrogen and oxygen atoms in total. The van der Waals surface area contributed by atoms with Crippen molar-refractivity contribution < 1.29 is 19.0 Å². The van der Waals surface area contributed by atoms with Crippen molar-refractivity contribution in [1.82, 2.24) is 0 Å². The highest BCUT2D eigenvalue weighted by Gasteiger charge is 2.65. The van der Waals surface area contributed by atoms with Gasteiger partial charge >= 0.3 is 5.97 Å². The number of methoxy groups -OCH3 is 3. The van der Waals surface area contributed by atoms with Gasteiger partial charge < -0.3 is 14.2 Å². The number of esters is 1. The predicted molar refractivity (Wildman–Crippen MR) is 107 cm³/mol. The molecule has 1 aromatic carbocycles. The summed E-state index contributed by atoms with van der Waals surface area (Å²) >= 11 is 0. The zero-order valence-electron chi connectivity index (χ0n) is 17.9. The smallest absolute Gasteiger partial charge is 0.316 e. The molecule has 4 heteroatoms. The first kappa shape index (κ1) is 19.8. The predicted octanol–water partition coefficient (Wildman–Crippen LogP) is 4.99. The number of carbonyl (C=O) groups is 1. The highest BCUT2D eigenvalue weighted by molar-refractivity contribution is 5.99. The van der Waals surface area contributed by atoms with E-state index in [2.05, 4.69) is 52.8 Å². The maximum atomic E-state index is 13.1. The molecule has 2 aliphatic carbocycles. The van der Waals surface area contributed by atoms with Crippen molar-refractivity contribution in [3.05, 3.63) is 29.3 Å². The molecule has 27 heavy (non-hydrogen) atoms. The van der Waals surface area contributed by atoms with Crippen molar-refractivity contribution in [3.8, 4) is 11.5 Å². The molecule has 2 bridgehead atoms. The van der Waals surface area contributed by atoms with Gasteiger partial charge in [-0.05, 0) is 52.9 Å². The number of benzene rings is 1. The Morgan fingerprint density at radius 3 is 2.04 bits per heavy atom. The molecule has 2 aliphatic rings. The molecule has 0 radical (unpaired) electrons. The number of hydrogen-bond donors (Lipinski definition) is 0. The van der Waals surface area contributed by atoms with Crippen LogP contribution in [0.2, 0.25) is 0 Å². The maximum absolute atomic E-state index is 13.1. The summed E-state index contributed by atoms with van der Waals surface area (Å²) in [6.45, 7) is 10.8. The molecule has 0 aliphatic heterocycles. The van der Waals surface area contributed by atoms with Crippen LogP contribution in [-0.4, -0.2) is 27.3 Å². The summed E-state index contributed by atoms with van der Waals surface area (Å²) in [7, 11) is 4.83. The molecule has 1 fully saturated rings. The first-order valence-electron chi connectivity index (χ1n) is 9.62. The fourth-order valence-corrected chi connectivity index (χ4v) is 5.04. The average Bonchev–Trinajstić information content (AvgIpc) is 3.01. The van der Waals surface area contributed by atoms with Crippen LogP contribution in [0.15, 0.2) is 18.2 Å². The summed E-state index contributed by atoms with van der Waals surface area (Å²) in [5, 5.41) is 0. The second-order valence-corrected chi connectivity index (χ2v) is 9.35. The van der Waals surface area contributed by atoms with E-state index in [0.717, 1.165) is 41.0 Å². The zero-order valence-corrected chi connectivity index (χ0v) is 17.9. The second-order valence-electron chi connectivity index (χ2n) is 9.35. The Morgan fingerprint density at radius 1 is 1.07 bits per heavy atom. The van der Waals surface area contributed by atoms with Crippen LogP contribution in [0.4, 0.5) is 0 Å². The average molecular weight is 373 g/mol. The minimum Gasteiger partial charge on any atom is -0.496 e. The van der Waals surface area contributed by atoms with Gasteiger partial charge in [-0.3, -0.25) is 4.79 Å². The molecular weight excluding hydrogens is 340 g/mol. The standard InChI is InChI=1S/C23H32O4/c1-21(2,3)15-12-17(25-6)19(18(13-15)26-7)16-11-14-9-10-23(16,20(24)27-8)22(14,4)5/h11-14H,9-10H2,1-8H3/t14-,23+/m1/s1. The molecule has 1 saturated carbocycles. The lowest BCUT2D eigenvalue weighted by molar-refractivity contribution is -0.153. The number of carbonyl (C=O) groups excluding carboxylic acids is 1. The summed E-state index contributed by atoms with van der Waals surface area (Å²) in [5.41, 5.74) is 2.10. The lowest BCUT2D eigenvalue weighted by atomic mass is 9.64. The molecule has 0 unspecified atom stereocenters. The summed E-state index contributed by atoms with van der Waals surface area (Å²) in [4.78, 5) is 13.1. The number of allylic oxidation sites excluding steroid dienone is 1. The van der Waals surface area contributed by atoms with Crippen LogP contribution in [0.3, 0.4) is 0 Å². The van der Waals surface area contributed by atoms with Crippen LogP contribution >= 0.6 is 0 Å². The SMILES string of the molecule is COC(=O)[C@]12CC[C@H](C=C1c1c(OC)cc(C(C)(C)C)cc1OC)C2(C)C. The molecule has 0 N–H and O–H groups in total. The van der Waals surface area contributed by atoms with E-state index in [1.54, 1.807) is 14.2 Å².